The molecule has 0 aromatic carbocycles. The molecule has 64 valence electrons. The Bertz CT molecular complexity index is 82.5. The fraction of sp³-hybridized carbons (Fsp3) is 0. The van der Waals surface area contributed by atoms with E-state index in [1.165, 1.54) is 0 Å². The van der Waals surface area contributed by atoms with E-state index < -0.39 is 18.1 Å². The second kappa shape index (κ2) is 12.4. The zero-order valence-electron chi connectivity index (χ0n) is 6.48. The second-order valence-electron chi connectivity index (χ2n) is 1.10. The van der Waals surface area contributed by atoms with E-state index in [0.717, 1.165) is 0 Å². The molecular formula is H2Ca3O8Si2. The van der Waals surface area contributed by atoms with Crippen molar-refractivity contribution >= 4 is 131 Å². The van der Waals surface area contributed by atoms with Gasteiger partial charge in [-0.25, -0.2) is 0 Å². The molecule has 0 heterocycles. The topological polar surface area (TPSA) is 179 Å². The molecule has 0 aliphatic carbocycles. The van der Waals surface area contributed by atoms with Crippen LogP contribution in [0.2, 0.25) is 0 Å². The normalized spacial score (nSPS) is 9.69. The Morgan fingerprint density at radius 3 is 0.769 bits per heavy atom. The molecule has 0 rings (SSSR count). The first kappa shape index (κ1) is 30.2. The third-order valence-corrected chi connectivity index (χ3v) is 2.25. The van der Waals surface area contributed by atoms with Crippen molar-refractivity contribution < 1.29 is 38.4 Å². The first-order valence-electron chi connectivity index (χ1n) is 1.63. The van der Waals surface area contributed by atoms with Crippen LogP contribution in [0.15, 0.2) is 0 Å². The largest absolute Gasteiger partial charge is 2.00 e. The van der Waals surface area contributed by atoms with E-state index in [1.807, 2.05) is 0 Å². The molecule has 0 amide bonds. The number of hydrogen-bond donors (Lipinski definition) is 0. The van der Waals surface area contributed by atoms with Crippen LogP contribution < -0.4 is 28.8 Å². The summed E-state index contributed by atoms with van der Waals surface area (Å²) in [7, 11) is -11.8. The molecule has 0 aromatic heterocycles. The molecule has 0 bridgehead atoms. The third-order valence-electron chi connectivity index (χ3n) is 0.250. The van der Waals surface area contributed by atoms with Gasteiger partial charge in [0.2, 0.25) is 0 Å². The van der Waals surface area contributed by atoms with Crippen LogP contribution in [0.4, 0.5) is 0 Å². The van der Waals surface area contributed by atoms with Crippen LogP contribution in [0.3, 0.4) is 0 Å². The van der Waals surface area contributed by atoms with E-state index >= 15 is 0 Å². The van der Waals surface area contributed by atoms with Gasteiger partial charge in [-0.2, -0.15) is 0 Å². The van der Waals surface area contributed by atoms with Gasteiger partial charge in [0.15, 0.2) is 0 Å². The molecule has 0 radical (unpaired) electrons. The minimum Gasteiger partial charge on any atom is -0.862 e. The first-order valence-corrected chi connectivity index (χ1v) is 4.90. The zero-order valence-corrected chi connectivity index (χ0v) is 15.1. The van der Waals surface area contributed by atoms with Crippen molar-refractivity contribution in [1.82, 2.24) is 0 Å². The molecule has 13 heavy (non-hydrogen) atoms. The smallest absolute Gasteiger partial charge is 0.862 e. The summed E-state index contributed by atoms with van der Waals surface area (Å²) in [5.41, 5.74) is 0. The van der Waals surface area contributed by atoms with Crippen molar-refractivity contribution in [3.63, 3.8) is 0 Å². The van der Waals surface area contributed by atoms with Crippen LogP contribution in [0, 0.1) is 0 Å². The van der Waals surface area contributed by atoms with Crippen molar-refractivity contribution in [2.75, 3.05) is 0 Å². The fourth-order valence-corrected chi connectivity index (χ4v) is 1.38. The maximum atomic E-state index is 9.36. The van der Waals surface area contributed by atoms with Crippen molar-refractivity contribution in [3.05, 3.63) is 0 Å². The van der Waals surface area contributed by atoms with Gasteiger partial charge in [0.25, 0.3) is 0 Å². The Balaban J connectivity index is -0.0000000533. The Morgan fingerprint density at radius 2 is 0.769 bits per heavy atom. The standard InChI is InChI=1S/3Ca.O7Si2.H2O/c;;;1-8(2,3)7-9(4,5)6;/h;;;;1H2/q3*+2;-6;. The Labute approximate surface area is 166 Å². The summed E-state index contributed by atoms with van der Waals surface area (Å²) in [4.78, 5) is 56.2. The summed E-state index contributed by atoms with van der Waals surface area (Å²) in [5, 5.41) is 0. The molecule has 0 fully saturated rings. The third kappa shape index (κ3) is 31.3. The summed E-state index contributed by atoms with van der Waals surface area (Å²) in [6.45, 7) is 0. The second-order valence-corrected chi connectivity index (χ2v) is 3.92. The molecule has 0 spiro atoms. The SMILES string of the molecule is O.[Ca+2].[Ca+2].[Ca+2].[O-][Si]([O-])([O-])O[Si]([O-])([O-])[O-]. The predicted octanol–water partition coefficient (Wildman–Crippen LogP) is -9.93. The van der Waals surface area contributed by atoms with E-state index in [-0.39, 0.29) is 119 Å². The van der Waals surface area contributed by atoms with E-state index in [0.29, 0.717) is 0 Å². The van der Waals surface area contributed by atoms with Crippen LogP contribution in [0.25, 0.3) is 0 Å². The number of hydrogen-bond acceptors (Lipinski definition) is 7. The van der Waals surface area contributed by atoms with Gasteiger partial charge >= 0.3 is 113 Å². The van der Waals surface area contributed by atoms with Crippen molar-refractivity contribution in [2.24, 2.45) is 0 Å². The molecule has 0 saturated heterocycles. The quantitative estimate of drug-likeness (QED) is 0.454. The Kier molecular flexibility index (Phi) is 28.7. The maximum absolute atomic E-state index is 9.36. The summed E-state index contributed by atoms with van der Waals surface area (Å²) < 4.78 is 2.57. The Hall–Kier alpha value is 3.89. The van der Waals surface area contributed by atoms with Gasteiger partial charge in [-0.15, -0.1) is 18.1 Å². The van der Waals surface area contributed by atoms with E-state index in [9.17, 15) is 28.8 Å². The molecule has 0 aromatic rings. The van der Waals surface area contributed by atoms with Gasteiger partial charge < -0.3 is 38.4 Å². The van der Waals surface area contributed by atoms with Crippen LogP contribution in [-0.2, 0) is 4.12 Å². The van der Waals surface area contributed by atoms with Gasteiger partial charge in [0.1, 0.15) is 0 Å². The Morgan fingerprint density at radius 1 is 0.615 bits per heavy atom. The van der Waals surface area contributed by atoms with Crippen LogP contribution >= 0.6 is 0 Å². The van der Waals surface area contributed by atoms with Gasteiger partial charge in [0, 0.05) is 0 Å². The minimum atomic E-state index is -5.92. The molecule has 0 aliphatic heterocycles. The van der Waals surface area contributed by atoms with E-state index in [2.05, 4.69) is 4.12 Å². The number of rotatable bonds is 2. The van der Waals surface area contributed by atoms with Gasteiger partial charge in [-0.1, -0.05) is 0 Å². The molecule has 13 heteroatoms. The molecule has 0 saturated carbocycles. The monoisotopic (exact) mass is 306 g/mol. The molecule has 0 aliphatic rings. The van der Waals surface area contributed by atoms with Gasteiger partial charge in [-0.3, -0.25) is 0 Å². The summed E-state index contributed by atoms with van der Waals surface area (Å²) in [6, 6.07) is 0. The zero-order chi connectivity index (χ0) is 7.71. The van der Waals surface area contributed by atoms with Crippen molar-refractivity contribution in [3.8, 4) is 0 Å². The van der Waals surface area contributed by atoms with Crippen LogP contribution in [0.5, 0.6) is 0 Å². The van der Waals surface area contributed by atoms with Crippen LogP contribution in [-0.4, -0.2) is 137 Å². The molecule has 2 N–H and O–H groups in total. The van der Waals surface area contributed by atoms with Gasteiger partial charge in [-0.05, 0) is 0 Å². The maximum Gasteiger partial charge on any atom is 2.00 e. The van der Waals surface area contributed by atoms with Crippen molar-refractivity contribution in [1.29, 1.82) is 0 Å². The average molecular weight is 306 g/mol. The van der Waals surface area contributed by atoms with Gasteiger partial charge in [0.05, 0.1) is 0 Å². The minimum absolute atomic E-state index is 0. The summed E-state index contributed by atoms with van der Waals surface area (Å²) in [6.07, 6.45) is 0. The molecule has 0 atom stereocenters. The van der Waals surface area contributed by atoms with Crippen molar-refractivity contribution in [2.45, 2.75) is 0 Å². The van der Waals surface area contributed by atoms with E-state index in [4.69, 9.17) is 0 Å². The molecule has 8 nitrogen and oxygen atoms in total. The fourth-order valence-electron chi connectivity index (χ4n) is 0.153. The van der Waals surface area contributed by atoms with Crippen LogP contribution in [0.1, 0.15) is 0 Å². The van der Waals surface area contributed by atoms with E-state index in [1.54, 1.807) is 0 Å². The summed E-state index contributed by atoms with van der Waals surface area (Å²) in [5.74, 6) is 0. The summed E-state index contributed by atoms with van der Waals surface area (Å²) >= 11 is 0. The molecule has 0 unspecified atom stereocenters. The molecular weight excluding hydrogens is 304 g/mol. The predicted molar refractivity (Wildman–Crippen MR) is 33.5 cm³/mol. The first-order chi connectivity index (χ1) is 3.71. The average Bonchev–Trinajstić information content (AvgIpc) is 1.14.